The van der Waals surface area contributed by atoms with E-state index in [0.29, 0.717) is 10.6 Å². The highest BCUT2D eigenvalue weighted by Gasteiger charge is 2.22. The van der Waals surface area contributed by atoms with Crippen molar-refractivity contribution in [3.63, 3.8) is 0 Å². The molecule has 3 rings (SSSR count). The molecule has 1 aliphatic heterocycles. The van der Waals surface area contributed by atoms with Gasteiger partial charge in [-0.15, -0.1) is 0 Å². The molecular weight excluding hydrogens is 308 g/mol. The van der Waals surface area contributed by atoms with E-state index in [9.17, 15) is 4.79 Å². The third-order valence-electron chi connectivity index (χ3n) is 4.21. The number of halogens is 1. The fraction of sp³-hybridized carbons (Fsp3) is 0.316. The van der Waals surface area contributed by atoms with Gasteiger partial charge >= 0.3 is 0 Å². The second-order valence-corrected chi connectivity index (χ2v) is 6.42. The Morgan fingerprint density at radius 3 is 2.65 bits per heavy atom. The first-order valence-corrected chi connectivity index (χ1v) is 8.42. The molecule has 1 N–H and O–H groups in total. The summed E-state index contributed by atoms with van der Waals surface area (Å²) < 4.78 is 0. The Morgan fingerprint density at radius 2 is 1.87 bits per heavy atom. The zero-order chi connectivity index (χ0) is 16.1. The van der Waals surface area contributed by atoms with E-state index in [1.54, 1.807) is 12.1 Å². The summed E-state index contributed by atoms with van der Waals surface area (Å²) in [5.41, 5.74) is 1.86. The SMILES string of the molecule is O=C(NC1CCCN(Cc2ccccc2)C1)c1ccccc1Cl. The predicted octanol–water partition coefficient (Wildman–Crippen LogP) is 3.73. The normalized spacial score (nSPS) is 18.6. The number of piperidine rings is 1. The van der Waals surface area contributed by atoms with Crippen molar-refractivity contribution < 1.29 is 4.79 Å². The van der Waals surface area contributed by atoms with Crippen LogP contribution in [-0.4, -0.2) is 29.9 Å². The maximum Gasteiger partial charge on any atom is 0.253 e. The first-order valence-electron chi connectivity index (χ1n) is 8.04. The van der Waals surface area contributed by atoms with E-state index < -0.39 is 0 Å². The smallest absolute Gasteiger partial charge is 0.253 e. The summed E-state index contributed by atoms with van der Waals surface area (Å²) >= 11 is 6.10. The van der Waals surface area contributed by atoms with Crippen LogP contribution >= 0.6 is 11.6 Å². The number of likely N-dealkylation sites (tertiary alicyclic amines) is 1. The van der Waals surface area contributed by atoms with E-state index in [1.807, 2.05) is 18.2 Å². The van der Waals surface area contributed by atoms with Crippen molar-refractivity contribution in [3.05, 3.63) is 70.7 Å². The van der Waals surface area contributed by atoms with Gasteiger partial charge in [0.25, 0.3) is 5.91 Å². The van der Waals surface area contributed by atoms with Gasteiger partial charge < -0.3 is 5.32 Å². The lowest BCUT2D eigenvalue weighted by atomic mass is 10.0. The topological polar surface area (TPSA) is 32.3 Å². The standard InChI is InChI=1S/C19H21ClN2O/c20-18-11-5-4-10-17(18)19(23)21-16-9-6-12-22(14-16)13-15-7-2-1-3-8-15/h1-5,7-8,10-11,16H,6,9,12-14H2,(H,21,23). The van der Waals surface area contributed by atoms with Gasteiger partial charge in [0.05, 0.1) is 10.6 Å². The zero-order valence-electron chi connectivity index (χ0n) is 13.0. The summed E-state index contributed by atoms with van der Waals surface area (Å²) in [6, 6.07) is 17.8. The Bertz CT molecular complexity index is 659. The Morgan fingerprint density at radius 1 is 1.13 bits per heavy atom. The second kappa shape index (κ2) is 7.62. The summed E-state index contributed by atoms with van der Waals surface area (Å²) in [5.74, 6) is -0.0813. The van der Waals surface area contributed by atoms with Crippen molar-refractivity contribution in [2.45, 2.75) is 25.4 Å². The second-order valence-electron chi connectivity index (χ2n) is 6.01. The molecule has 1 amide bonds. The molecule has 0 spiro atoms. The average Bonchev–Trinajstić information content (AvgIpc) is 2.56. The molecule has 2 aromatic carbocycles. The van der Waals surface area contributed by atoms with Crippen LogP contribution in [0, 0.1) is 0 Å². The number of nitrogens with one attached hydrogen (secondary N) is 1. The van der Waals surface area contributed by atoms with Crippen molar-refractivity contribution in [1.29, 1.82) is 0 Å². The Balaban J connectivity index is 1.58. The fourth-order valence-electron chi connectivity index (χ4n) is 3.07. The molecular formula is C19H21ClN2O. The largest absolute Gasteiger partial charge is 0.348 e. The lowest BCUT2D eigenvalue weighted by molar-refractivity contribution is 0.0901. The van der Waals surface area contributed by atoms with Crippen molar-refractivity contribution in [2.24, 2.45) is 0 Å². The fourth-order valence-corrected chi connectivity index (χ4v) is 3.29. The Kier molecular flexibility index (Phi) is 5.31. The van der Waals surface area contributed by atoms with E-state index in [4.69, 9.17) is 11.6 Å². The highest BCUT2D eigenvalue weighted by molar-refractivity contribution is 6.33. The third kappa shape index (κ3) is 4.34. The predicted molar refractivity (Wildman–Crippen MR) is 93.7 cm³/mol. The first kappa shape index (κ1) is 16.0. The molecule has 0 aliphatic carbocycles. The van der Waals surface area contributed by atoms with Gasteiger partial charge in [-0.3, -0.25) is 9.69 Å². The van der Waals surface area contributed by atoms with Gasteiger partial charge in [0.1, 0.15) is 0 Å². The van der Waals surface area contributed by atoms with E-state index in [-0.39, 0.29) is 11.9 Å². The number of nitrogens with zero attached hydrogens (tertiary/aromatic N) is 1. The van der Waals surface area contributed by atoms with Crippen molar-refractivity contribution >= 4 is 17.5 Å². The van der Waals surface area contributed by atoms with Crippen molar-refractivity contribution in [2.75, 3.05) is 13.1 Å². The molecule has 23 heavy (non-hydrogen) atoms. The van der Waals surface area contributed by atoms with Gasteiger partial charge in [-0.2, -0.15) is 0 Å². The van der Waals surface area contributed by atoms with Crippen LogP contribution in [0.2, 0.25) is 5.02 Å². The average molecular weight is 329 g/mol. The monoisotopic (exact) mass is 328 g/mol. The first-order chi connectivity index (χ1) is 11.2. The van der Waals surface area contributed by atoms with Crippen LogP contribution in [0.5, 0.6) is 0 Å². The minimum Gasteiger partial charge on any atom is -0.348 e. The number of rotatable bonds is 4. The molecule has 0 saturated carbocycles. The van der Waals surface area contributed by atoms with Gasteiger partial charge in [-0.1, -0.05) is 54.1 Å². The van der Waals surface area contributed by atoms with Gasteiger partial charge in [0.2, 0.25) is 0 Å². The van der Waals surface area contributed by atoms with Crippen LogP contribution in [0.25, 0.3) is 0 Å². The van der Waals surface area contributed by atoms with Crippen LogP contribution in [0.1, 0.15) is 28.8 Å². The lowest BCUT2D eigenvalue weighted by Crippen LogP contribution is -2.47. The summed E-state index contributed by atoms with van der Waals surface area (Å²) in [5, 5.41) is 3.63. The lowest BCUT2D eigenvalue weighted by Gasteiger charge is -2.33. The highest BCUT2D eigenvalue weighted by atomic mass is 35.5. The maximum atomic E-state index is 12.4. The molecule has 0 bridgehead atoms. The third-order valence-corrected chi connectivity index (χ3v) is 4.54. The number of amides is 1. The van der Waals surface area contributed by atoms with Crippen LogP contribution in [0.4, 0.5) is 0 Å². The minimum atomic E-state index is -0.0813. The number of hydrogen-bond donors (Lipinski definition) is 1. The number of carbonyl (C=O) groups excluding carboxylic acids is 1. The van der Waals surface area contributed by atoms with Crippen molar-refractivity contribution in [1.82, 2.24) is 10.2 Å². The summed E-state index contributed by atoms with van der Waals surface area (Å²) in [6.07, 6.45) is 2.11. The molecule has 3 nitrogen and oxygen atoms in total. The van der Waals surface area contributed by atoms with E-state index in [0.717, 1.165) is 32.5 Å². The molecule has 120 valence electrons. The molecule has 2 aromatic rings. The maximum absolute atomic E-state index is 12.4. The molecule has 0 aromatic heterocycles. The van der Waals surface area contributed by atoms with Crippen LogP contribution in [-0.2, 0) is 6.54 Å². The molecule has 1 atom stereocenters. The van der Waals surface area contributed by atoms with Crippen LogP contribution in [0.3, 0.4) is 0 Å². The highest BCUT2D eigenvalue weighted by Crippen LogP contribution is 2.17. The molecule has 1 heterocycles. The number of hydrogen-bond acceptors (Lipinski definition) is 2. The molecule has 1 fully saturated rings. The van der Waals surface area contributed by atoms with Gasteiger partial charge in [0, 0.05) is 19.1 Å². The van der Waals surface area contributed by atoms with Gasteiger partial charge in [0.15, 0.2) is 0 Å². The van der Waals surface area contributed by atoms with Crippen LogP contribution in [0.15, 0.2) is 54.6 Å². The summed E-state index contributed by atoms with van der Waals surface area (Å²) in [7, 11) is 0. The Hall–Kier alpha value is -1.84. The quantitative estimate of drug-likeness (QED) is 0.927. The Labute approximate surface area is 142 Å². The van der Waals surface area contributed by atoms with E-state index >= 15 is 0 Å². The summed E-state index contributed by atoms with van der Waals surface area (Å²) in [4.78, 5) is 14.8. The number of carbonyl (C=O) groups is 1. The van der Waals surface area contributed by atoms with Crippen LogP contribution < -0.4 is 5.32 Å². The van der Waals surface area contributed by atoms with E-state index in [2.05, 4.69) is 34.5 Å². The molecule has 4 heteroatoms. The van der Waals surface area contributed by atoms with Crippen molar-refractivity contribution in [3.8, 4) is 0 Å². The van der Waals surface area contributed by atoms with E-state index in [1.165, 1.54) is 5.56 Å². The molecule has 1 aliphatic rings. The van der Waals surface area contributed by atoms with Gasteiger partial charge in [-0.05, 0) is 37.1 Å². The molecule has 1 saturated heterocycles. The number of benzene rings is 2. The minimum absolute atomic E-state index is 0.0813. The summed E-state index contributed by atoms with van der Waals surface area (Å²) in [6.45, 7) is 2.89. The molecule has 1 unspecified atom stereocenters. The zero-order valence-corrected chi connectivity index (χ0v) is 13.8. The van der Waals surface area contributed by atoms with Gasteiger partial charge in [-0.25, -0.2) is 0 Å². The molecule has 0 radical (unpaired) electrons.